The monoisotopic (exact) mass is 486 g/mol. The lowest BCUT2D eigenvalue weighted by atomic mass is 10.1. The molecule has 1 aromatic carbocycles. The van der Waals surface area contributed by atoms with E-state index in [0.717, 1.165) is 6.42 Å². The molecule has 186 valence electrons. The zero-order valence-corrected chi connectivity index (χ0v) is 18.9. The molecule has 0 amide bonds. The van der Waals surface area contributed by atoms with Crippen molar-refractivity contribution in [3.8, 4) is 5.88 Å². The zero-order chi connectivity index (χ0) is 24.7. The Kier molecular flexibility index (Phi) is 6.23. The maximum atomic E-state index is 10.9. The Labute approximate surface area is 199 Å². The largest absolute Gasteiger partial charge is 0.471 e. The molecular formula is C22H26N6O7. The van der Waals surface area contributed by atoms with Gasteiger partial charge in [-0.25, -0.2) is 9.97 Å². The van der Waals surface area contributed by atoms with Gasteiger partial charge in [-0.15, -0.1) is 0 Å². The minimum atomic E-state index is -1.21. The molecule has 2 aromatic heterocycles. The van der Waals surface area contributed by atoms with E-state index in [1.807, 2.05) is 0 Å². The first-order valence-electron chi connectivity index (χ1n) is 11.4. The summed E-state index contributed by atoms with van der Waals surface area (Å²) in [6.07, 6.45) is -0.992. The van der Waals surface area contributed by atoms with Crippen LogP contribution >= 0.6 is 0 Å². The molecule has 0 radical (unpaired) electrons. The van der Waals surface area contributed by atoms with Gasteiger partial charge in [-0.1, -0.05) is 0 Å². The molecule has 6 atom stereocenters. The molecule has 35 heavy (non-hydrogen) atoms. The van der Waals surface area contributed by atoms with Crippen LogP contribution in [0.1, 0.15) is 38.0 Å². The van der Waals surface area contributed by atoms with Gasteiger partial charge in [0, 0.05) is 18.2 Å². The fraction of sp³-hybridized carbons (Fsp3) is 0.500. The molecule has 4 N–H and O–H groups in total. The average Bonchev–Trinajstić information content (AvgIpc) is 3.49. The van der Waals surface area contributed by atoms with Gasteiger partial charge in [0.15, 0.2) is 17.4 Å². The summed E-state index contributed by atoms with van der Waals surface area (Å²) in [6.45, 7) is 1.76. The number of fused-ring (bicyclic) bond motifs is 1. The van der Waals surface area contributed by atoms with E-state index in [1.165, 1.54) is 18.5 Å². The molecule has 0 bridgehead atoms. The van der Waals surface area contributed by atoms with Crippen LogP contribution in [0, 0.1) is 10.1 Å². The molecule has 2 unspecified atom stereocenters. The summed E-state index contributed by atoms with van der Waals surface area (Å²) in [5, 5.41) is 45.0. The molecule has 5 rings (SSSR count). The third-order valence-electron chi connectivity index (χ3n) is 6.44. The highest BCUT2D eigenvalue weighted by Crippen LogP contribution is 2.37. The Morgan fingerprint density at radius 2 is 1.97 bits per heavy atom. The van der Waals surface area contributed by atoms with E-state index in [4.69, 9.17) is 9.47 Å². The number of nitrogens with zero attached hydrogens (tertiary/aromatic N) is 5. The molecule has 13 heteroatoms. The molecular weight excluding hydrogens is 460 g/mol. The van der Waals surface area contributed by atoms with Crippen molar-refractivity contribution in [3.63, 3.8) is 0 Å². The molecule has 2 fully saturated rings. The van der Waals surface area contributed by atoms with E-state index >= 15 is 0 Å². The van der Waals surface area contributed by atoms with Gasteiger partial charge in [-0.3, -0.25) is 14.7 Å². The summed E-state index contributed by atoms with van der Waals surface area (Å²) in [5.41, 5.74) is 1.34. The second-order valence-corrected chi connectivity index (χ2v) is 8.89. The lowest BCUT2D eigenvalue weighted by molar-refractivity contribution is -0.384. The first-order valence-corrected chi connectivity index (χ1v) is 11.4. The Bertz CT molecular complexity index is 1220. The summed E-state index contributed by atoms with van der Waals surface area (Å²) >= 11 is 0. The van der Waals surface area contributed by atoms with Gasteiger partial charge >= 0.3 is 0 Å². The van der Waals surface area contributed by atoms with Crippen molar-refractivity contribution >= 4 is 22.8 Å². The number of benzene rings is 1. The lowest BCUT2D eigenvalue weighted by Crippen LogP contribution is -2.31. The van der Waals surface area contributed by atoms with Crippen LogP contribution in [0.4, 0.5) is 11.6 Å². The number of nitro groups is 1. The SMILES string of the molecule is C[C@H]1O[C@@H](n2c(NC3CCC(O)C3)nc3c(OCc4ccc([N+](=O)[O-])cc4)ncnc32)[C@H](O)[C@@H]1O. The third-order valence-corrected chi connectivity index (χ3v) is 6.44. The summed E-state index contributed by atoms with van der Waals surface area (Å²) in [4.78, 5) is 23.6. The van der Waals surface area contributed by atoms with Gasteiger partial charge in [0.05, 0.1) is 17.1 Å². The molecule has 13 nitrogen and oxygen atoms in total. The molecule has 1 aliphatic carbocycles. The quantitative estimate of drug-likeness (QED) is 0.279. The van der Waals surface area contributed by atoms with Gasteiger partial charge in [0.2, 0.25) is 11.8 Å². The first kappa shape index (κ1) is 23.4. The molecule has 1 aliphatic heterocycles. The average molecular weight is 486 g/mol. The number of hydrogen-bond acceptors (Lipinski definition) is 11. The fourth-order valence-corrected chi connectivity index (χ4v) is 4.51. The van der Waals surface area contributed by atoms with Crippen LogP contribution in [0.25, 0.3) is 11.2 Å². The minimum Gasteiger partial charge on any atom is -0.471 e. The number of aliphatic hydroxyl groups excluding tert-OH is 3. The highest BCUT2D eigenvalue weighted by molar-refractivity contribution is 5.79. The van der Waals surface area contributed by atoms with Crippen LogP contribution in [-0.4, -0.2) is 70.2 Å². The number of rotatable bonds is 7. The Hall–Kier alpha value is -3.39. The minimum absolute atomic E-state index is 0.0174. The number of hydrogen-bond donors (Lipinski definition) is 4. The fourth-order valence-electron chi connectivity index (χ4n) is 4.51. The number of non-ortho nitro benzene ring substituents is 1. The second kappa shape index (κ2) is 9.34. The number of nitro benzene ring substituents is 1. The highest BCUT2D eigenvalue weighted by Gasteiger charge is 2.43. The molecule has 1 saturated carbocycles. The van der Waals surface area contributed by atoms with Crippen molar-refractivity contribution in [1.29, 1.82) is 0 Å². The number of ether oxygens (including phenoxy) is 2. The van der Waals surface area contributed by atoms with Crippen molar-refractivity contribution < 1.29 is 29.7 Å². The van der Waals surface area contributed by atoms with Crippen molar-refractivity contribution in [2.24, 2.45) is 0 Å². The first-order chi connectivity index (χ1) is 16.8. The number of anilines is 1. The van der Waals surface area contributed by atoms with E-state index in [9.17, 15) is 25.4 Å². The van der Waals surface area contributed by atoms with Gasteiger partial charge in [0.25, 0.3) is 5.69 Å². The Morgan fingerprint density at radius 3 is 2.60 bits per heavy atom. The molecule has 3 heterocycles. The summed E-state index contributed by atoms with van der Waals surface area (Å²) < 4.78 is 13.3. The standard InChI is InChI=1S/C22H26N6O7/c1-11-17(30)18(31)21(35-11)27-19-16(26-22(27)25-13-4-7-15(29)8-13)20(24-10-23-19)34-9-12-2-5-14(6-3-12)28(32)33/h2-3,5-6,10-11,13,15,17-18,21,29-31H,4,7-9H2,1H3,(H,25,26)/t11-,13?,15?,17-,18-,21-/m1/s1. The maximum Gasteiger partial charge on any atom is 0.269 e. The summed E-state index contributed by atoms with van der Waals surface area (Å²) in [7, 11) is 0. The molecule has 0 spiro atoms. The van der Waals surface area contributed by atoms with E-state index in [1.54, 1.807) is 23.6 Å². The topological polar surface area (TPSA) is 178 Å². The summed E-state index contributed by atoms with van der Waals surface area (Å²) in [6, 6.07) is 5.94. The molecule has 2 aliphatic rings. The number of aliphatic hydroxyl groups is 3. The lowest BCUT2D eigenvalue weighted by Gasteiger charge is -2.21. The zero-order valence-electron chi connectivity index (χ0n) is 18.9. The molecule has 1 saturated heterocycles. The predicted molar refractivity (Wildman–Crippen MR) is 122 cm³/mol. The van der Waals surface area contributed by atoms with Crippen LogP contribution in [0.15, 0.2) is 30.6 Å². The van der Waals surface area contributed by atoms with Crippen LogP contribution in [0.2, 0.25) is 0 Å². The van der Waals surface area contributed by atoms with Crippen molar-refractivity contribution in [2.75, 3.05) is 5.32 Å². The van der Waals surface area contributed by atoms with E-state index in [2.05, 4.69) is 20.3 Å². The maximum absolute atomic E-state index is 10.9. The van der Waals surface area contributed by atoms with Gasteiger partial charge in [-0.05, 0) is 43.9 Å². The van der Waals surface area contributed by atoms with Gasteiger partial charge in [-0.2, -0.15) is 4.98 Å². The van der Waals surface area contributed by atoms with Crippen molar-refractivity contribution in [1.82, 2.24) is 19.5 Å². The van der Waals surface area contributed by atoms with Crippen LogP contribution < -0.4 is 10.1 Å². The molecule has 3 aromatic rings. The Balaban J connectivity index is 1.47. The second-order valence-electron chi connectivity index (χ2n) is 8.89. The van der Waals surface area contributed by atoms with Crippen LogP contribution in [0.3, 0.4) is 0 Å². The number of imidazole rings is 1. The van der Waals surface area contributed by atoms with Gasteiger partial charge in [0.1, 0.15) is 25.1 Å². The van der Waals surface area contributed by atoms with Crippen molar-refractivity contribution in [2.45, 2.75) is 69.5 Å². The van der Waals surface area contributed by atoms with E-state index in [-0.39, 0.29) is 24.2 Å². The number of nitrogens with one attached hydrogen (secondary N) is 1. The predicted octanol–water partition coefficient (Wildman–Crippen LogP) is 1.28. The van der Waals surface area contributed by atoms with Crippen molar-refractivity contribution in [3.05, 3.63) is 46.3 Å². The van der Waals surface area contributed by atoms with Gasteiger partial charge < -0.3 is 30.1 Å². The number of aromatic nitrogens is 4. The highest BCUT2D eigenvalue weighted by atomic mass is 16.6. The van der Waals surface area contributed by atoms with Crippen LogP contribution in [0.5, 0.6) is 5.88 Å². The van der Waals surface area contributed by atoms with Crippen LogP contribution in [-0.2, 0) is 11.3 Å². The Morgan fingerprint density at radius 1 is 1.20 bits per heavy atom. The normalized spacial score (nSPS) is 28.5. The summed E-state index contributed by atoms with van der Waals surface area (Å²) in [5.74, 6) is 0.535. The van der Waals surface area contributed by atoms with E-state index < -0.39 is 35.6 Å². The smallest absolute Gasteiger partial charge is 0.269 e. The third kappa shape index (κ3) is 4.50. The van der Waals surface area contributed by atoms with E-state index in [0.29, 0.717) is 35.5 Å².